The third kappa shape index (κ3) is 3.47. The van der Waals surface area contributed by atoms with Crippen LogP contribution in [0.4, 0.5) is 8.78 Å². The summed E-state index contributed by atoms with van der Waals surface area (Å²) < 4.78 is 26.8. The van der Waals surface area contributed by atoms with Gasteiger partial charge in [-0.25, -0.2) is 0 Å². The monoisotopic (exact) mass is 233 g/mol. The normalized spacial score (nSPS) is 11.1. The first kappa shape index (κ1) is 11.9. The number of benzene rings is 1. The Balaban J connectivity index is 2.63. The molecule has 0 heterocycles. The van der Waals surface area contributed by atoms with E-state index in [4.69, 9.17) is 11.6 Å². The van der Waals surface area contributed by atoms with E-state index in [0.717, 1.165) is 0 Å². The SMILES string of the molecule is O=C(CCl)NCC(F)(F)c1ccccc1. The average molecular weight is 234 g/mol. The highest BCUT2D eigenvalue weighted by Crippen LogP contribution is 2.26. The molecule has 0 aliphatic rings. The number of amides is 1. The van der Waals surface area contributed by atoms with Crippen LogP contribution in [-0.2, 0) is 10.7 Å². The summed E-state index contributed by atoms with van der Waals surface area (Å²) in [6.07, 6.45) is 0. The van der Waals surface area contributed by atoms with Gasteiger partial charge in [0.1, 0.15) is 5.88 Å². The van der Waals surface area contributed by atoms with E-state index in [1.54, 1.807) is 6.07 Å². The van der Waals surface area contributed by atoms with Crippen LogP contribution in [-0.4, -0.2) is 18.3 Å². The number of hydrogen-bond donors (Lipinski definition) is 1. The summed E-state index contributed by atoms with van der Waals surface area (Å²) in [5.74, 6) is -3.99. The molecule has 5 heteroatoms. The van der Waals surface area contributed by atoms with Gasteiger partial charge >= 0.3 is 0 Å². The Morgan fingerprint density at radius 2 is 1.93 bits per heavy atom. The van der Waals surface area contributed by atoms with Crippen LogP contribution in [0, 0.1) is 0 Å². The maximum absolute atomic E-state index is 13.4. The Labute approximate surface area is 91.2 Å². The molecule has 1 aromatic rings. The van der Waals surface area contributed by atoms with Crippen LogP contribution >= 0.6 is 11.6 Å². The topological polar surface area (TPSA) is 29.1 Å². The standard InChI is InChI=1S/C10H10ClF2NO/c11-6-9(15)14-7-10(12,13)8-4-2-1-3-5-8/h1-5H,6-7H2,(H,14,15). The summed E-state index contributed by atoms with van der Waals surface area (Å²) in [6, 6.07) is 7.32. The Hall–Kier alpha value is -1.16. The maximum atomic E-state index is 13.4. The summed E-state index contributed by atoms with van der Waals surface area (Å²) >= 11 is 5.17. The molecule has 82 valence electrons. The quantitative estimate of drug-likeness (QED) is 0.794. The van der Waals surface area contributed by atoms with E-state index in [1.807, 2.05) is 0 Å². The zero-order chi connectivity index (χ0) is 11.3. The average Bonchev–Trinajstić information content (AvgIpc) is 2.27. The fourth-order valence-electron chi connectivity index (χ4n) is 1.04. The minimum absolute atomic E-state index is 0.125. The molecule has 0 unspecified atom stereocenters. The fourth-order valence-corrected chi connectivity index (χ4v) is 1.14. The molecule has 15 heavy (non-hydrogen) atoms. The van der Waals surface area contributed by atoms with E-state index in [-0.39, 0.29) is 11.4 Å². The van der Waals surface area contributed by atoms with Gasteiger partial charge in [-0.05, 0) is 0 Å². The molecule has 1 amide bonds. The molecule has 0 saturated carbocycles. The second kappa shape index (κ2) is 5.07. The third-order valence-corrected chi connectivity index (χ3v) is 2.07. The minimum atomic E-state index is -3.07. The van der Waals surface area contributed by atoms with Crippen LogP contribution in [0.5, 0.6) is 0 Å². The second-order valence-electron chi connectivity index (χ2n) is 2.98. The molecule has 1 rings (SSSR count). The number of rotatable bonds is 4. The molecule has 0 atom stereocenters. The smallest absolute Gasteiger partial charge is 0.290 e. The van der Waals surface area contributed by atoms with Crippen molar-refractivity contribution >= 4 is 17.5 Å². The zero-order valence-corrected chi connectivity index (χ0v) is 8.60. The van der Waals surface area contributed by atoms with Gasteiger partial charge in [-0.2, -0.15) is 8.78 Å². The van der Waals surface area contributed by atoms with E-state index in [0.29, 0.717) is 0 Å². The molecule has 0 aliphatic heterocycles. The van der Waals surface area contributed by atoms with Crippen LogP contribution in [0.25, 0.3) is 0 Å². The van der Waals surface area contributed by atoms with Gasteiger partial charge < -0.3 is 5.32 Å². The van der Waals surface area contributed by atoms with Crippen molar-refractivity contribution < 1.29 is 13.6 Å². The van der Waals surface area contributed by atoms with Gasteiger partial charge in [-0.1, -0.05) is 30.3 Å². The van der Waals surface area contributed by atoms with Crippen molar-refractivity contribution in [1.29, 1.82) is 0 Å². The van der Waals surface area contributed by atoms with Gasteiger partial charge in [0.25, 0.3) is 5.92 Å². The van der Waals surface area contributed by atoms with Crippen LogP contribution < -0.4 is 5.32 Å². The van der Waals surface area contributed by atoms with Crippen molar-refractivity contribution in [2.45, 2.75) is 5.92 Å². The van der Waals surface area contributed by atoms with Crippen molar-refractivity contribution in [3.05, 3.63) is 35.9 Å². The van der Waals surface area contributed by atoms with Gasteiger partial charge in [-0.15, -0.1) is 11.6 Å². The molecule has 0 saturated heterocycles. The van der Waals surface area contributed by atoms with Crippen LogP contribution in [0.15, 0.2) is 30.3 Å². The Morgan fingerprint density at radius 3 is 2.47 bits per heavy atom. The first-order valence-electron chi connectivity index (χ1n) is 4.32. The Morgan fingerprint density at radius 1 is 1.33 bits per heavy atom. The predicted octanol–water partition coefficient (Wildman–Crippen LogP) is 2.13. The molecule has 1 N–H and O–H groups in total. The van der Waals surface area contributed by atoms with E-state index >= 15 is 0 Å². The minimum Gasteiger partial charge on any atom is -0.349 e. The third-order valence-electron chi connectivity index (χ3n) is 1.83. The van der Waals surface area contributed by atoms with E-state index in [2.05, 4.69) is 5.32 Å². The number of alkyl halides is 3. The largest absolute Gasteiger partial charge is 0.349 e. The molecule has 0 aliphatic carbocycles. The first-order chi connectivity index (χ1) is 7.06. The highest BCUT2D eigenvalue weighted by Gasteiger charge is 2.31. The van der Waals surface area contributed by atoms with Gasteiger partial charge in [0.15, 0.2) is 0 Å². The van der Waals surface area contributed by atoms with Crippen LogP contribution in [0.1, 0.15) is 5.56 Å². The van der Waals surface area contributed by atoms with Crippen molar-refractivity contribution in [1.82, 2.24) is 5.32 Å². The molecular formula is C10H10ClF2NO. The molecule has 0 spiro atoms. The number of halogens is 3. The maximum Gasteiger partial charge on any atom is 0.290 e. The lowest BCUT2D eigenvalue weighted by Gasteiger charge is -2.16. The van der Waals surface area contributed by atoms with Gasteiger partial charge in [0.2, 0.25) is 5.91 Å². The number of carbonyl (C=O) groups is 1. The second-order valence-corrected chi connectivity index (χ2v) is 3.25. The first-order valence-corrected chi connectivity index (χ1v) is 4.86. The molecule has 0 bridgehead atoms. The highest BCUT2D eigenvalue weighted by atomic mass is 35.5. The summed E-state index contributed by atoms with van der Waals surface area (Å²) in [6.45, 7) is -0.734. The molecular weight excluding hydrogens is 224 g/mol. The number of carbonyl (C=O) groups excluding carboxylic acids is 1. The molecule has 0 fully saturated rings. The van der Waals surface area contributed by atoms with Gasteiger partial charge in [0, 0.05) is 5.56 Å². The summed E-state index contributed by atoms with van der Waals surface area (Å²) in [4.78, 5) is 10.7. The van der Waals surface area contributed by atoms with Crippen molar-refractivity contribution in [2.24, 2.45) is 0 Å². The van der Waals surface area contributed by atoms with Crippen molar-refractivity contribution in [2.75, 3.05) is 12.4 Å². The summed E-state index contributed by atoms with van der Waals surface area (Å²) in [5.41, 5.74) is -0.125. The summed E-state index contributed by atoms with van der Waals surface area (Å²) in [7, 11) is 0. The van der Waals surface area contributed by atoms with Gasteiger partial charge in [-0.3, -0.25) is 4.79 Å². The number of hydrogen-bond acceptors (Lipinski definition) is 1. The summed E-state index contributed by atoms with van der Waals surface area (Å²) in [5, 5.41) is 2.05. The predicted molar refractivity (Wildman–Crippen MR) is 54.1 cm³/mol. The van der Waals surface area contributed by atoms with E-state index in [1.165, 1.54) is 24.3 Å². The highest BCUT2D eigenvalue weighted by molar-refractivity contribution is 6.27. The van der Waals surface area contributed by atoms with E-state index in [9.17, 15) is 13.6 Å². The van der Waals surface area contributed by atoms with Crippen molar-refractivity contribution in [3.8, 4) is 0 Å². The molecule has 1 aromatic carbocycles. The lowest BCUT2D eigenvalue weighted by molar-refractivity contribution is -0.120. The van der Waals surface area contributed by atoms with Crippen molar-refractivity contribution in [3.63, 3.8) is 0 Å². The molecule has 0 aromatic heterocycles. The zero-order valence-electron chi connectivity index (χ0n) is 7.84. The van der Waals surface area contributed by atoms with E-state index < -0.39 is 18.4 Å². The molecule has 2 nitrogen and oxygen atoms in total. The fraction of sp³-hybridized carbons (Fsp3) is 0.300. The number of nitrogens with one attached hydrogen (secondary N) is 1. The Bertz CT molecular complexity index is 329. The van der Waals surface area contributed by atoms with Gasteiger partial charge in [0.05, 0.1) is 6.54 Å². The van der Waals surface area contributed by atoms with Crippen LogP contribution in [0.3, 0.4) is 0 Å². The van der Waals surface area contributed by atoms with Crippen LogP contribution in [0.2, 0.25) is 0 Å². The Kier molecular flexibility index (Phi) is 4.03. The molecule has 0 radical (unpaired) electrons. The lowest BCUT2D eigenvalue weighted by atomic mass is 10.1. The lowest BCUT2D eigenvalue weighted by Crippen LogP contribution is -2.35.